The molecule has 2 aromatic rings. The van der Waals surface area contributed by atoms with Crippen LogP contribution < -0.4 is 0 Å². The molecular weight excluding hydrogens is 376 g/mol. The number of amides is 1. The SMILES string of the molecule is CC(c1cccs1)N(C)C(=O)c1ccc(F)cc1I. The van der Waals surface area contributed by atoms with Crippen LogP contribution in [0.5, 0.6) is 0 Å². The van der Waals surface area contributed by atoms with Crippen LogP contribution in [0.3, 0.4) is 0 Å². The molecule has 1 atom stereocenters. The molecule has 1 amide bonds. The second kappa shape index (κ2) is 6.00. The molecule has 5 heteroatoms. The van der Waals surface area contributed by atoms with E-state index in [9.17, 15) is 9.18 Å². The van der Waals surface area contributed by atoms with Crippen molar-refractivity contribution >= 4 is 39.8 Å². The third kappa shape index (κ3) is 3.14. The summed E-state index contributed by atoms with van der Waals surface area (Å²) in [6.07, 6.45) is 0. The zero-order chi connectivity index (χ0) is 14.0. The van der Waals surface area contributed by atoms with Crippen molar-refractivity contribution in [3.8, 4) is 0 Å². The second-order valence-corrected chi connectivity index (χ2v) is 6.37. The van der Waals surface area contributed by atoms with Crippen molar-refractivity contribution in [3.05, 3.63) is 55.5 Å². The van der Waals surface area contributed by atoms with Gasteiger partial charge in [-0.25, -0.2) is 4.39 Å². The molecule has 100 valence electrons. The van der Waals surface area contributed by atoms with Crippen LogP contribution in [0.15, 0.2) is 35.7 Å². The van der Waals surface area contributed by atoms with Gasteiger partial charge in [0.1, 0.15) is 5.82 Å². The van der Waals surface area contributed by atoms with Gasteiger partial charge < -0.3 is 4.90 Å². The van der Waals surface area contributed by atoms with Crippen molar-refractivity contribution in [3.63, 3.8) is 0 Å². The van der Waals surface area contributed by atoms with E-state index in [1.54, 1.807) is 23.3 Å². The van der Waals surface area contributed by atoms with Gasteiger partial charge in [0.2, 0.25) is 0 Å². The number of rotatable bonds is 3. The quantitative estimate of drug-likeness (QED) is 0.716. The summed E-state index contributed by atoms with van der Waals surface area (Å²) in [5.41, 5.74) is 0.535. The minimum absolute atomic E-state index is 0.00773. The normalized spacial score (nSPS) is 12.2. The highest BCUT2D eigenvalue weighted by Crippen LogP contribution is 2.26. The number of thiophene rings is 1. The number of carbonyl (C=O) groups is 1. The molecule has 2 nitrogen and oxygen atoms in total. The average Bonchev–Trinajstić information content (AvgIpc) is 2.90. The first-order valence-electron chi connectivity index (χ1n) is 5.76. The molecule has 0 radical (unpaired) electrons. The van der Waals surface area contributed by atoms with E-state index >= 15 is 0 Å². The van der Waals surface area contributed by atoms with Gasteiger partial charge in [0.15, 0.2) is 0 Å². The molecule has 0 N–H and O–H groups in total. The summed E-state index contributed by atoms with van der Waals surface area (Å²) in [6.45, 7) is 1.99. The maximum atomic E-state index is 13.1. The predicted octanol–water partition coefficient (Wildman–Crippen LogP) is 4.33. The molecule has 0 bridgehead atoms. The Morgan fingerprint density at radius 2 is 2.16 bits per heavy atom. The van der Waals surface area contributed by atoms with Gasteiger partial charge in [0, 0.05) is 15.5 Å². The smallest absolute Gasteiger partial charge is 0.255 e. The lowest BCUT2D eigenvalue weighted by molar-refractivity contribution is 0.0744. The zero-order valence-corrected chi connectivity index (χ0v) is 13.5. The van der Waals surface area contributed by atoms with E-state index in [0.29, 0.717) is 9.13 Å². The van der Waals surface area contributed by atoms with Gasteiger partial charge >= 0.3 is 0 Å². The van der Waals surface area contributed by atoms with Crippen molar-refractivity contribution in [2.75, 3.05) is 7.05 Å². The highest BCUT2D eigenvalue weighted by Gasteiger charge is 2.21. The Morgan fingerprint density at radius 3 is 2.74 bits per heavy atom. The standard InChI is InChI=1S/C14H13FINOS/c1-9(13-4-3-7-19-13)17(2)14(18)11-6-5-10(15)8-12(11)16/h3-9H,1-2H3. The van der Waals surface area contributed by atoms with E-state index in [1.807, 2.05) is 47.0 Å². The molecule has 0 fully saturated rings. The number of carbonyl (C=O) groups excluding carboxylic acids is 1. The van der Waals surface area contributed by atoms with Crippen LogP contribution in [-0.2, 0) is 0 Å². The van der Waals surface area contributed by atoms with Crippen molar-refractivity contribution in [2.24, 2.45) is 0 Å². The van der Waals surface area contributed by atoms with Crippen LogP contribution in [-0.4, -0.2) is 17.9 Å². The molecule has 1 aromatic heterocycles. The lowest BCUT2D eigenvalue weighted by Gasteiger charge is -2.24. The molecular formula is C14H13FINOS. The number of halogens is 2. The highest BCUT2D eigenvalue weighted by atomic mass is 127. The van der Waals surface area contributed by atoms with Crippen molar-refractivity contribution in [1.29, 1.82) is 0 Å². The molecule has 0 aliphatic rings. The predicted molar refractivity (Wildman–Crippen MR) is 83.9 cm³/mol. The summed E-state index contributed by atoms with van der Waals surface area (Å²) in [5.74, 6) is -0.416. The Bertz CT molecular complexity index is 585. The topological polar surface area (TPSA) is 20.3 Å². The molecule has 0 aliphatic carbocycles. The summed E-state index contributed by atoms with van der Waals surface area (Å²) in [6, 6.07) is 8.21. The van der Waals surface area contributed by atoms with E-state index in [2.05, 4.69) is 0 Å². The molecule has 1 unspecified atom stereocenters. The summed E-state index contributed by atoms with van der Waals surface area (Å²) < 4.78 is 13.7. The summed E-state index contributed by atoms with van der Waals surface area (Å²) in [7, 11) is 1.77. The third-order valence-electron chi connectivity index (χ3n) is 3.02. The van der Waals surface area contributed by atoms with Crippen molar-refractivity contribution in [2.45, 2.75) is 13.0 Å². The minimum atomic E-state index is -0.324. The van der Waals surface area contributed by atoms with Gasteiger partial charge in [-0.15, -0.1) is 11.3 Å². The fourth-order valence-electron chi connectivity index (χ4n) is 1.75. The fraction of sp³-hybridized carbons (Fsp3) is 0.214. The first-order chi connectivity index (χ1) is 9.00. The molecule has 0 saturated carbocycles. The van der Waals surface area contributed by atoms with E-state index < -0.39 is 0 Å². The molecule has 0 saturated heterocycles. The first-order valence-corrected chi connectivity index (χ1v) is 7.72. The van der Waals surface area contributed by atoms with Gasteiger partial charge in [-0.05, 0) is 59.2 Å². The monoisotopic (exact) mass is 389 g/mol. The Hall–Kier alpha value is -0.950. The summed E-state index contributed by atoms with van der Waals surface area (Å²) in [5, 5.41) is 1.99. The van der Waals surface area contributed by atoms with E-state index in [-0.39, 0.29) is 17.8 Å². The highest BCUT2D eigenvalue weighted by molar-refractivity contribution is 14.1. The molecule has 1 aromatic carbocycles. The van der Waals surface area contributed by atoms with Crippen LogP contribution in [0.2, 0.25) is 0 Å². The molecule has 19 heavy (non-hydrogen) atoms. The Kier molecular flexibility index (Phi) is 4.57. The average molecular weight is 389 g/mol. The van der Waals surface area contributed by atoms with Gasteiger partial charge in [0.25, 0.3) is 5.91 Å². The first kappa shape index (κ1) is 14.5. The number of hydrogen-bond donors (Lipinski definition) is 0. The van der Waals surface area contributed by atoms with E-state index in [1.165, 1.54) is 18.2 Å². The third-order valence-corrected chi connectivity index (χ3v) is 4.95. The molecule has 2 rings (SSSR count). The Balaban J connectivity index is 2.24. The number of nitrogens with zero attached hydrogens (tertiary/aromatic N) is 1. The van der Waals surface area contributed by atoms with Gasteiger partial charge in [0.05, 0.1) is 11.6 Å². The summed E-state index contributed by atoms with van der Waals surface area (Å²) in [4.78, 5) is 15.2. The van der Waals surface area contributed by atoms with Crippen LogP contribution in [0, 0.1) is 9.39 Å². The van der Waals surface area contributed by atoms with Gasteiger partial charge in [-0.2, -0.15) is 0 Å². The van der Waals surface area contributed by atoms with Crippen molar-refractivity contribution in [1.82, 2.24) is 4.90 Å². The minimum Gasteiger partial charge on any atom is -0.334 e. The largest absolute Gasteiger partial charge is 0.334 e. The molecule has 0 aliphatic heterocycles. The van der Waals surface area contributed by atoms with E-state index in [0.717, 1.165) is 4.88 Å². The van der Waals surface area contributed by atoms with Crippen LogP contribution in [0.25, 0.3) is 0 Å². The van der Waals surface area contributed by atoms with Crippen LogP contribution >= 0.6 is 33.9 Å². The second-order valence-electron chi connectivity index (χ2n) is 4.23. The van der Waals surface area contributed by atoms with Crippen LogP contribution in [0.4, 0.5) is 4.39 Å². The van der Waals surface area contributed by atoms with Crippen molar-refractivity contribution < 1.29 is 9.18 Å². The fourth-order valence-corrected chi connectivity index (χ4v) is 3.28. The number of hydrogen-bond acceptors (Lipinski definition) is 2. The summed E-state index contributed by atoms with van der Waals surface area (Å²) >= 11 is 3.61. The molecule has 1 heterocycles. The maximum absolute atomic E-state index is 13.1. The lowest BCUT2D eigenvalue weighted by atomic mass is 10.1. The molecule has 0 spiro atoms. The Labute approximate surface area is 129 Å². The zero-order valence-electron chi connectivity index (χ0n) is 10.6. The van der Waals surface area contributed by atoms with Gasteiger partial charge in [-0.1, -0.05) is 6.07 Å². The number of benzene rings is 1. The lowest BCUT2D eigenvalue weighted by Crippen LogP contribution is -2.29. The van der Waals surface area contributed by atoms with Gasteiger partial charge in [-0.3, -0.25) is 4.79 Å². The maximum Gasteiger partial charge on any atom is 0.255 e. The van der Waals surface area contributed by atoms with Crippen LogP contribution in [0.1, 0.15) is 28.2 Å². The Morgan fingerprint density at radius 1 is 1.42 bits per heavy atom. The van der Waals surface area contributed by atoms with E-state index in [4.69, 9.17) is 0 Å².